The van der Waals surface area contributed by atoms with Gasteiger partial charge in [0.2, 0.25) is 0 Å². The Bertz CT molecular complexity index is 361. The summed E-state index contributed by atoms with van der Waals surface area (Å²) in [6.45, 7) is 2.77. The molecule has 0 saturated carbocycles. The van der Waals surface area contributed by atoms with Crippen LogP contribution in [-0.2, 0) is 12.8 Å². The van der Waals surface area contributed by atoms with E-state index in [1.54, 1.807) is 7.11 Å². The zero-order chi connectivity index (χ0) is 10.8. The van der Waals surface area contributed by atoms with Crippen molar-refractivity contribution in [1.29, 1.82) is 0 Å². The maximum Gasteiger partial charge on any atom is 0.164 e. The number of methoxy groups -OCH3 is 1. The Morgan fingerprint density at radius 3 is 3.00 bits per heavy atom. The molecule has 15 heavy (non-hydrogen) atoms. The predicted molar refractivity (Wildman–Crippen MR) is 59.5 cm³/mol. The Balaban J connectivity index is 2.34. The molecule has 0 aromatic heterocycles. The van der Waals surface area contributed by atoms with Crippen LogP contribution in [0.25, 0.3) is 0 Å². The predicted octanol–water partition coefficient (Wildman–Crippen LogP) is 1.52. The molecule has 0 fully saturated rings. The monoisotopic (exact) mass is 207 g/mol. The highest BCUT2D eigenvalue weighted by atomic mass is 16.5. The molecule has 1 aliphatic rings. The van der Waals surface area contributed by atoms with E-state index in [4.69, 9.17) is 15.2 Å². The van der Waals surface area contributed by atoms with Crippen LogP contribution in [0, 0.1) is 0 Å². The largest absolute Gasteiger partial charge is 0.493 e. The Morgan fingerprint density at radius 1 is 1.53 bits per heavy atom. The van der Waals surface area contributed by atoms with Crippen molar-refractivity contribution in [3.05, 3.63) is 23.3 Å². The van der Waals surface area contributed by atoms with Gasteiger partial charge in [-0.3, -0.25) is 0 Å². The molecule has 82 valence electrons. The van der Waals surface area contributed by atoms with E-state index < -0.39 is 0 Å². The molecule has 2 rings (SSSR count). The molecule has 2 N–H and O–H groups in total. The fraction of sp³-hybridized carbons (Fsp3) is 0.500. The van der Waals surface area contributed by atoms with Gasteiger partial charge in [-0.1, -0.05) is 6.07 Å². The van der Waals surface area contributed by atoms with Crippen molar-refractivity contribution < 1.29 is 9.47 Å². The minimum Gasteiger partial charge on any atom is -0.493 e. The first-order valence-electron chi connectivity index (χ1n) is 5.29. The minimum atomic E-state index is 0.176. The first-order chi connectivity index (χ1) is 7.20. The van der Waals surface area contributed by atoms with E-state index in [1.807, 2.05) is 13.0 Å². The van der Waals surface area contributed by atoms with E-state index in [-0.39, 0.29) is 6.04 Å². The summed E-state index contributed by atoms with van der Waals surface area (Å²) in [7, 11) is 1.67. The number of benzene rings is 1. The maximum absolute atomic E-state index is 5.79. The molecule has 3 heteroatoms. The fourth-order valence-electron chi connectivity index (χ4n) is 1.98. The van der Waals surface area contributed by atoms with Crippen LogP contribution in [0.2, 0.25) is 0 Å². The average Bonchev–Trinajstić information content (AvgIpc) is 2.63. The molecular formula is C12H17NO2. The van der Waals surface area contributed by atoms with Crippen LogP contribution in [0.3, 0.4) is 0 Å². The van der Waals surface area contributed by atoms with Crippen molar-refractivity contribution in [3.63, 3.8) is 0 Å². The molecule has 0 aliphatic carbocycles. The van der Waals surface area contributed by atoms with Gasteiger partial charge >= 0.3 is 0 Å². The Kier molecular flexibility index (Phi) is 2.82. The molecular weight excluding hydrogens is 190 g/mol. The summed E-state index contributed by atoms with van der Waals surface area (Å²) in [5, 5.41) is 0. The van der Waals surface area contributed by atoms with Crippen LogP contribution < -0.4 is 15.2 Å². The quantitative estimate of drug-likeness (QED) is 0.817. The summed E-state index contributed by atoms with van der Waals surface area (Å²) in [5.74, 6) is 1.74. The van der Waals surface area contributed by atoms with E-state index >= 15 is 0 Å². The van der Waals surface area contributed by atoms with Crippen LogP contribution in [-0.4, -0.2) is 19.8 Å². The summed E-state index contributed by atoms with van der Waals surface area (Å²) < 4.78 is 10.8. The second kappa shape index (κ2) is 4.11. The summed E-state index contributed by atoms with van der Waals surface area (Å²) in [4.78, 5) is 0. The Labute approximate surface area is 90.2 Å². The van der Waals surface area contributed by atoms with E-state index in [2.05, 4.69) is 6.07 Å². The van der Waals surface area contributed by atoms with Crippen LogP contribution >= 0.6 is 0 Å². The third kappa shape index (κ3) is 2.07. The third-order valence-electron chi connectivity index (χ3n) is 2.59. The lowest BCUT2D eigenvalue weighted by Crippen LogP contribution is -2.17. The smallest absolute Gasteiger partial charge is 0.164 e. The van der Waals surface area contributed by atoms with E-state index in [1.165, 1.54) is 11.1 Å². The molecule has 1 aromatic carbocycles. The van der Waals surface area contributed by atoms with E-state index in [0.29, 0.717) is 0 Å². The summed E-state index contributed by atoms with van der Waals surface area (Å²) >= 11 is 0. The second-order valence-corrected chi connectivity index (χ2v) is 4.07. The number of nitrogens with two attached hydrogens (primary N) is 1. The third-order valence-corrected chi connectivity index (χ3v) is 2.59. The van der Waals surface area contributed by atoms with Gasteiger partial charge in [0.15, 0.2) is 11.5 Å². The maximum atomic E-state index is 5.79. The lowest BCUT2D eigenvalue weighted by molar-refractivity contribution is 0.326. The highest BCUT2D eigenvalue weighted by molar-refractivity contribution is 5.51. The molecule has 3 nitrogen and oxygen atoms in total. The summed E-state index contributed by atoms with van der Waals surface area (Å²) in [6.07, 6.45) is 1.85. The highest BCUT2D eigenvalue weighted by Crippen LogP contribution is 2.36. The zero-order valence-electron chi connectivity index (χ0n) is 9.25. The van der Waals surface area contributed by atoms with Gasteiger partial charge < -0.3 is 15.2 Å². The molecule has 1 atom stereocenters. The molecule has 0 spiro atoms. The molecule has 0 bridgehead atoms. The lowest BCUT2D eigenvalue weighted by atomic mass is 10.0. The van der Waals surface area contributed by atoms with Crippen molar-refractivity contribution >= 4 is 0 Å². The molecule has 1 aliphatic heterocycles. The first-order valence-corrected chi connectivity index (χ1v) is 5.29. The van der Waals surface area contributed by atoms with Crippen LogP contribution in [0.15, 0.2) is 12.1 Å². The number of hydrogen-bond donors (Lipinski definition) is 1. The molecule has 0 amide bonds. The van der Waals surface area contributed by atoms with Gasteiger partial charge in [-0.05, 0) is 25.0 Å². The highest BCUT2D eigenvalue weighted by Gasteiger charge is 2.18. The number of ether oxygens (including phenoxy) is 2. The van der Waals surface area contributed by atoms with Crippen LogP contribution in [0.5, 0.6) is 11.5 Å². The van der Waals surface area contributed by atoms with Crippen molar-refractivity contribution in [1.82, 2.24) is 0 Å². The topological polar surface area (TPSA) is 44.5 Å². The van der Waals surface area contributed by atoms with Gasteiger partial charge in [0.05, 0.1) is 13.7 Å². The SMILES string of the molecule is COc1cc(CC(C)N)cc2c1OCC2. The van der Waals surface area contributed by atoms with Gasteiger partial charge in [-0.15, -0.1) is 0 Å². The van der Waals surface area contributed by atoms with Crippen molar-refractivity contribution in [2.45, 2.75) is 25.8 Å². The van der Waals surface area contributed by atoms with Gasteiger partial charge in [-0.2, -0.15) is 0 Å². The summed E-state index contributed by atoms with van der Waals surface area (Å²) in [5.41, 5.74) is 8.26. The standard InChI is InChI=1S/C12H17NO2/c1-8(13)5-9-6-10-3-4-15-12(10)11(7-9)14-2/h6-8H,3-5,13H2,1-2H3. The minimum absolute atomic E-state index is 0.176. The molecule has 1 heterocycles. The van der Waals surface area contributed by atoms with E-state index in [0.717, 1.165) is 30.9 Å². The molecule has 0 saturated heterocycles. The number of rotatable bonds is 3. The average molecular weight is 207 g/mol. The normalized spacial score (nSPS) is 15.7. The second-order valence-electron chi connectivity index (χ2n) is 4.07. The Hall–Kier alpha value is -1.22. The van der Waals surface area contributed by atoms with Crippen molar-refractivity contribution in [2.75, 3.05) is 13.7 Å². The van der Waals surface area contributed by atoms with Gasteiger partial charge in [0.25, 0.3) is 0 Å². The van der Waals surface area contributed by atoms with Crippen molar-refractivity contribution in [3.8, 4) is 11.5 Å². The first kappa shape index (κ1) is 10.3. The summed E-state index contributed by atoms with van der Waals surface area (Å²) in [6, 6.07) is 4.37. The van der Waals surface area contributed by atoms with Gasteiger partial charge in [-0.25, -0.2) is 0 Å². The van der Waals surface area contributed by atoms with Crippen molar-refractivity contribution in [2.24, 2.45) is 5.73 Å². The Morgan fingerprint density at radius 2 is 2.33 bits per heavy atom. The van der Waals surface area contributed by atoms with Gasteiger partial charge in [0.1, 0.15) is 0 Å². The number of hydrogen-bond acceptors (Lipinski definition) is 3. The zero-order valence-corrected chi connectivity index (χ0v) is 9.25. The molecule has 0 radical (unpaired) electrons. The van der Waals surface area contributed by atoms with E-state index in [9.17, 15) is 0 Å². The molecule has 1 unspecified atom stereocenters. The lowest BCUT2D eigenvalue weighted by Gasteiger charge is -2.11. The van der Waals surface area contributed by atoms with Gasteiger partial charge in [0, 0.05) is 18.0 Å². The fourth-order valence-corrected chi connectivity index (χ4v) is 1.98. The molecule has 1 aromatic rings. The van der Waals surface area contributed by atoms with Crippen LogP contribution in [0.4, 0.5) is 0 Å². The number of fused-ring (bicyclic) bond motifs is 1. The van der Waals surface area contributed by atoms with Crippen LogP contribution in [0.1, 0.15) is 18.1 Å².